The smallest absolute Gasteiger partial charge is 0.494 e. The Labute approximate surface area is 192 Å². The van der Waals surface area contributed by atoms with Crippen molar-refractivity contribution < 1.29 is 27.0 Å². The Morgan fingerprint density at radius 1 is 0.667 bits per heavy atom. The number of hydrogen-bond acceptors (Lipinski definition) is 2. The van der Waals surface area contributed by atoms with Crippen LogP contribution in [0.4, 0.5) is 17.6 Å². The third kappa shape index (κ3) is 7.81. The van der Waals surface area contributed by atoms with Crippen molar-refractivity contribution >= 4 is 0 Å². The first-order valence-corrected chi connectivity index (χ1v) is 11.2. The van der Waals surface area contributed by atoms with Crippen LogP contribution in [0.3, 0.4) is 0 Å². The molecule has 0 fully saturated rings. The quantitative estimate of drug-likeness (QED) is 0.210. The third-order valence-corrected chi connectivity index (χ3v) is 5.32. The van der Waals surface area contributed by atoms with Gasteiger partial charge in [-0.1, -0.05) is 75.4 Å². The van der Waals surface area contributed by atoms with E-state index in [1.165, 1.54) is 62.4 Å². The average Bonchev–Trinajstić information content (AvgIpc) is 2.78. The first-order valence-electron chi connectivity index (χ1n) is 11.2. The molecule has 0 heterocycles. The Morgan fingerprint density at radius 2 is 1.24 bits per heavy atom. The molecule has 0 bridgehead atoms. The number of halogens is 4. The molecule has 0 N–H and O–H groups in total. The maximum Gasteiger partial charge on any atom is 0.573 e. The lowest BCUT2D eigenvalue weighted by Crippen LogP contribution is -2.16. The van der Waals surface area contributed by atoms with Crippen LogP contribution in [-0.4, -0.2) is 13.0 Å². The first kappa shape index (κ1) is 24.6. The van der Waals surface area contributed by atoms with Crippen LogP contribution < -0.4 is 9.47 Å². The van der Waals surface area contributed by atoms with Gasteiger partial charge in [0.25, 0.3) is 0 Å². The summed E-state index contributed by atoms with van der Waals surface area (Å²) in [5, 5.41) is 0. The lowest BCUT2D eigenvalue weighted by atomic mass is 9.99. The summed E-state index contributed by atoms with van der Waals surface area (Å²) in [5.41, 5.74) is 2.32. The zero-order valence-electron chi connectivity index (χ0n) is 18.6. The van der Waals surface area contributed by atoms with E-state index >= 15 is 0 Å². The molecule has 0 aromatic heterocycles. The van der Waals surface area contributed by atoms with Gasteiger partial charge in [-0.2, -0.15) is 0 Å². The Morgan fingerprint density at radius 3 is 1.88 bits per heavy atom. The van der Waals surface area contributed by atoms with E-state index in [9.17, 15) is 17.6 Å². The normalized spacial score (nSPS) is 11.4. The summed E-state index contributed by atoms with van der Waals surface area (Å²) in [6, 6.07) is 17.5. The molecule has 0 amide bonds. The van der Waals surface area contributed by atoms with E-state index in [1.807, 2.05) is 24.3 Å². The van der Waals surface area contributed by atoms with E-state index in [2.05, 4.69) is 11.7 Å². The van der Waals surface area contributed by atoms with Crippen molar-refractivity contribution in [2.24, 2.45) is 0 Å². The fraction of sp³-hybridized carbons (Fsp3) is 0.333. The lowest BCUT2D eigenvalue weighted by molar-refractivity contribution is -0.274. The molecule has 3 rings (SSSR count). The van der Waals surface area contributed by atoms with Crippen LogP contribution in [-0.2, 0) is 0 Å². The minimum Gasteiger partial charge on any atom is -0.494 e. The molecule has 3 aromatic carbocycles. The number of hydrogen-bond donors (Lipinski definition) is 0. The van der Waals surface area contributed by atoms with Gasteiger partial charge >= 0.3 is 6.36 Å². The molecule has 0 aliphatic rings. The summed E-state index contributed by atoms with van der Waals surface area (Å²) in [6.45, 7) is 2.88. The van der Waals surface area contributed by atoms with Gasteiger partial charge in [-0.05, 0) is 53.4 Å². The van der Waals surface area contributed by atoms with E-state index in [4.69, 9.17) is 4.74 Å². The highest BCUT2D eigenvalue weighted by Crippen LogP contribution is 2.31. The second kappa shape index (κ2) is 11.7. The van der Waals surface area contributed by atoms with E-state index in [-0.39, 0.29) is 5.75 Å². The summed E-state index contributed by atoms with van der Waals surface area (Å²) < 4.78 is 61.3. The summed E-state index contributed by atoms with van der Waals surface area (Å²) in [7, 11) is 0. The largest absolute Gasteiger partial charge is 0.573 e. The van der Waals surface area contributed by atoms with E-state index in [0.717, 1.165) is 17.7 Å². The molecule has 2 nitrogen and oxygen atoms in total. The number of benzene rings is 3. The van der Waals surface area contributed by atoms with Gasteiger partial charge in [-0.25, -0.2) is 4.39 Å². The highest BCUT2D eigenvalue weighted by atomic mass is 19.4. The van der Waals surface area contributed by atoms with Gasteiger partial charge in [0.05, 0.1) is 6.61 Å². The highest BCUT2D eigenvalue weighted by Gasteiger charge is 2.31. The molecule has 0 radical (unpaired) electrons. The van der Waals surface area contributed by atoms with Gasteiger partial charge < -0.3 is 9.47 Å². The molecule has 6 heteroatoms. The summed E-state index contributed by atoms with van der Waals surface area (Å²) in [5.74, 6) is -0.0203. The number of rotatable bonds is 11. The molecule has 3 aromatic rings. The molecule has 0 saturated carbocycles. The summed E-state index contributed by atoms with van der Waals surface area (Å²) in [4.78, 5) is 0. The van der Waals surface area contributed by atoms with Gasteiger partial charge in [0, 0.05) is 5.56 Å². The van der Waals surface area contributed by atoms with Gasteiger partial charge in [-0.3, -0.25) is 0 Å². The third-order valence-electron chi connectivity index (χ3n) is 5.32. The molecular formula is C27H28F4O2. The monoisotopic (exact) mass is 460 g/mol. The van der Waals surface area contributed by atoms with Crippen molar-refractivity contribution in [2.45, 2.75) is 51.8 Å². The molecule has 0 saturated heterocycles. The topological polar surface area (TPSA) is 18.5 Å². The average molecular weight is 461 g/mol. The number of unbranched alkanes of at least 4 members (excludes halogenated alkanes) is 5. The zero-order chi connectivity index (χ0) is 23.7. The molecule has 176 valence electrons. The van der Waals surface area contributed by atoms with Crippen molar-refractivity contribution in [1.29, 1.82) is 0 Å². The van der Waals surface area contributed by atoms with Crippen molar-refractivity contribution in [1.82, 2.24) is 0 Å². The lowest BCUT2D eigenvalue weighted by Gasteiger charge is -2.11. The molecule has 33 heavy (non-hydrogen) atoms. The van der Waals surface area contributed by atoms with E-state index in [1.54, 1.807) is 12.1 Å². The number of alkyl halides is 3. The predicted octanol–water partition coefficient (Wildman–Crippen LogP) is 8.80. The Hall–Kier alpha value is -3.02. The SMILES string of the molecule is CCCCCCCCOc1ccc(-c2ccc(-c3ccc(OC(F)(F)F)cc3)c(F)c2)cc1. The maximum absolute atomic E-state index is 14.8. The van der Waals surface area contributed by atoms with Crippen LogP contribution in [0, 0.1) is 5.82 Å². The predicted molar refractivity (Wildman–Crippen MR) is 123 cm³/mol. The fourth-order valence-corrected chi connectivity index (χ4v) is 3.58. The molecule has 0 spiro atoms. The Kier molecular flexibility index (Phi) is 8.75. The second-order valence-corrected chi connectivity index (χ2v) is 7.91. The van der Waals surface area contributed by atoms with Gasteiger partial charge in [-0.15, -0.1) is 13.2 Å². The minimum atomic E-state index is -4.76. The molecule has 0 atom stereocenters. The molecule has 0 aliphatic heterocycles. The molecule has 0 aliphatic carbocycles. The van der Waals surface area contributed by atoms with Crippen LogP contribution in [0.25, 0.3) is 22.3 Å². The van der Waals surface area contributed by atoms with Crippen LogP contribution in [0.1, 0.15) is 45.4 Å². The Bertz CT molecular complexity index is 996. The van der Waals surface area contributed by atoms with Crippen LogP contribution in [0.5, 0.6) is 11.5 Å². The first-order chi connectivity index (χ1) is 15.9. The maximum atomic E-state index is 14.8. The fourth-order valence-electron chi connectivity index (χ4n) is 3.58. The molecule has 0 unspecified atom stereocenters. The van der Waals surface area contributed by atoms with Crippen molar-refractivity contribution in [3.63, 3.8) is 0 Å². The van der Waals surface area contributed by atoms with Crippen LogP contribution in [0.15, 0.2) is 66.7 Å². The summed E-state index contributed by atoms with van der Waals surface area (Å²) in [6.07, 6.45) is 2.48. The second-order valence-electron chi connectivity index (χ2n) is 7.91. The summed E-state index contributed by atoms with van der Waals surface area (Å²) >= 11 is 0. The van der Waals surface area contributed by atoms with Crippen molar-refractivity contribution in [3.8, 4) is 33.8 Å². The zero-order valence-corrected chi connectivity index (χ0v) is 18.6. The minimum absolute atomic E-state index is 0.302. The van der Waals surface area contributed by atoms with E-state index < -0.39 is 12.2 Å². The van der Waals surface area contributed by atoms with Crippen LogP contribution in [0.2, 0.25) is 0 Å². The van der Waals surface area contributed by atoms with Crippen LogP contribution >= 0.6 is 0 Å². The van der Waals surface area contributed by atoms with Crippen molar-refractivity contribution in [3.05, 3.63) is 72.5 Å². The standard InChI is InChI=1S/C27H28F4O2/c1-2-3-4-5-6-7-18-32-23-13-8-20(9-14-23)22-12-17-25(26(28)19-22)21-10-15-24(16-11-21)33-27(29,30)31/h8-17,19H,2-7,18H2,1H3. The van der Waals surface area contributed by atoms with Crippen molar-refractivity contribution in [2.75, 3.05) is 6.61 Å². The van der Waals surface area contributed by atoms with E-state index in [0.29, 0.717) is 23.3 Å². The highest BCUT2D eigenvalue weighted by molar-refractivity contribution is 5.71. The molecular weight excluding hydrogens is 432 g/mol. The van der Waals surface area contributed by atoms with Gasteiger partial charge in [0.2, 0.25) is 0 Å². The number of ether oxygens (including phenoxy) is 2. The van der Waals surface area contributed by atoms with Gasteiger partial charge in [0.1, 0.15) is 17.3 Å². The Balaban J connectivity index is 1.58. The van der Waals surface area contributed by atoms with Gasteiger partial charge in [0.15, 0.2) is 0 Å².